The summed E-state index contributed by atoms with van der Waals surface area (Å²) in [6, 6.07) is 0.273. The lowest BCUT2D eigenvalue weighted by Crippen LogP contribution is -2.42. The molecule has 2 atom stereocenters. The minimum Gasteiger partial charge on any atom is -0.352 e. The molecule has 148 valence electrons. The molecule has 1 aliphatic carbocycles. The summed E-state index contributed by atoms with van der Waals surface area (Å²) in [6.45, 7) is 10.2. The van der Waals surface area contributed by atoms with E-state index >= 15 is 0 Å². The highest BCUT2D eigenvalue weighted by atomic mass is 32.2. The molecule has 27 heavy (non-hydrogen) atoms. The van der Waals surface area contributed by atoms with Gasteiger partial charge >= 0.3 is 0 Å². The maximum Gasteiger partial charge on any atom is 0.263 e. The van der Waals surface area contributed by atoms with Crippen LogP contribution < -0.4 is 10.9 Å². The number of fused-ring (bicyclic) bond motifs is 1. The first-order chi connectivity index (χ1) is 12.8. The van der Waals surface area contributed by atoms with Gasteiger partial charge in [-0.05, 0) is 52.0 Å². The van der Waals surface area contributed by atoms with Gasteiger partial charge in [-0.1, -0.05) is 31.5 Å². The van der Waals surface area contributed by atoms with Crippen molar-refractivity contribution in [1.29, 1.82) is 0 Å². The number of thiophene rings is 1. The highest BCUT2D eigenvalue weighted by molar-refractivity contribution is 7.99. The lowest BCUT2D eigenvalue weighted by Gasteiger charge is -2.29. The van der Waals surface area contributed by atoms with Gasteiger partial charge in [-0.3, -0.25) is 14.2 Å². The van der Waals surface area contributed by atoms with Crippen molar-refractivity contribution in [3.05, 3.63) is 20.8 Å². The molecule has 0 aromatic carbocycles. The number of nitrogens with zero attached hydrogens (tertiary/aromatic N) is 2. The summed E-state index contributed by atoms with van der Waals surface area (Å²) in [5.74, 6) is 0.854. The van der Waals surface area contributed by atoms with Crippen molar-refractivity contribution in [2.24, 2.45) is 5.92 Å². The number of hydrogen-bond donors (Lipinski definition) is 1. The number of amides is 1. The maximum absolute atomic E-state index is 13.0. The zero-order valence-corrected chi connectivity index (χ0v) is 18.4. The third-order valence-electron chi connectivity index (χ3n) is 5.51. The maximum atomic E-state index is 13.0. The topological polar surface area (TPSA) is 64.0 Å². The third-order valence-corrected chi connectivity index (χ3v) is 7.56. The van der Waals surface area contributed by atoms with Gasteiger partial charge in [0.15, 0.2) is 5.16 Å². The predicted octanol–water partition coefficient (Wildman–Crippen LogP) is 4.44. The van der Waals surface area contributed by atoms with Gasteiger partial charge in [-0.2, -0.15) is 0 Å². The van der Waals surface area contributed by atoms with Crippen LogP contribution in [-0.2, 0) is 4.79 Å². The molecule has 0 aliphatic heterocycles. The van der Waals surface area contributed by atoms with Crippen LogP contribution in [-0.4, -0.2) is 27.3 Å². The monoisotopic (exact) mass is 407 g/mol. The smallest absolute Gasteiger partial charge is 0.263 e. The summed E-state index contributed by atoms with van der Waals surface area (Å²) in [5.41, 5.74) is 1.02. The van der Waals surface area contributed by atoms with Crippen LogP contribution in [0.3, 0.4) is 0 Å². The molecule has 7 heteroatoms. The van der Waals surface area contributed by atoms with E-state index in [9.17, 15) is 9.59 Å². The highest BCUT2D eigenvalue weighted by Gasteiger charge is 2.24. The van der Waals surface area contributed by atoms with Gasteiger partial charge in [0.2, 0.25) is 5.91 Å². The number of hydrogen-bond acceptors (Lipinski definition) is 5. The largest absolute Gasteiger partial charge is 0.352 e. The lowest BCUT2D eigenvalue weighted by molar-refractivity contribution is -0.119. The van der Waals surface area contributed by atoms with Gasteiger partial charge in [0.1, 0.15) is 4.83 Å². The number of carbonyl (C=O) groups is 1. The molecule has 0 bridgehead atoms. The molecule has 0 radical (unpaired) electrons. The second-order valence-electron chi connectivity index (χ2n) is 7.85. The second-order valence-corrected chi connectivity index (χ2v) is 10.00. The molecule has 0 saturated heterocycles. The Bertz CT molecular complexity index is 901. The number of nitrogens with one attached hydrogen (secondary N) is 1. The Morgan fingerprint density at radius 3 is 2.70 bits per heavy atom. The molecule has 2 heterocycles. The zero-order valence-electron chi connectivity index (χ0n) is 16.8. The summed E-state index contributed by atoms with van der Waals surface area (Å²) in [6.07, 6.45) is 4.68. The van der Waals surface area contributed by atoms with Crippen LogP contribution in [0.2, 0.25) is 0 Å². The lowest BCUT2D eigenvalue weighted by atomic mass is 9.86. The van der Waals surface area contributed by atoms with Crippen molar-refractivity contribution in [2.45, 2.75) is 77.5 Å². The molecule has 1 aliphatic rings. The van der Waals surface area contributed by atoms with E-state index in [1.807, 2.05) is 27.7 Å². The molecular weight excluding hydrogens is 378 g/mol. The standard InChI is InChI=1S/C20H29N3O2S2/c1-11(2)23-19(25)17-13(4)14(5)27-18(17)22-20(23)26-10-16(24)21-15-9-7-6-8-12(15)3/h11-12,15H,6-10H2,1-5H3,(H,21,24). The van der Waals surface area contributed by atoms with Gasteiger partial charge in [-0.25, -0.2) is 4.98 Å². The summed E-state index contributed by atoms with van der Waals surface area (Å²) >= 11 is 2.92. The van der Waals surface area contributed by atoms with Crippen LogP contribution in [0.1, 0.15) is 62.9 Å². The summed E-state index contributed by atoms with van der Waals surface area (Å²) in [4.78, 5) is 32.2. The average Bonchev–Trinajstić information content (AvgIpc) is 2.89. The van der Waals surface area contributed by atoms with Gasteiger partial charge in [-0.15, -0.1) is 11.3 Å². The normalized spacial score (nSPS) is 20.4. The molecule has 1 saturated carbocycles. The van der Waals surface area contributed by atoms with E-state index in [2.05, 4.69) is 12.2 Å². The number of thioether (sulfide) groups is 1. The van der Waals surface area contributed by atoms with Gasteiger partial charge in [0.25, 0.3) is 5.56 Å². The van der Waals surface area contributed by atoms with Gasteiger partial charge in [0, 0.05) is 17.0 Å². The minimum atomic E-state index is -0.00191. The van der Waals surface area contributed by atoms with Crippen LogP contribution in [0.4, 0.5) is 0 Å². The van der Waals surface area contributed by atoms with Crippen LogP contribution in [0, 0.1) is 19.8 Å². The van der Waals surface area contributed by atoms with E-state index in [-0.39, 0.29) is 29.3 Å². The highest BCUT2D eigenvalue weighted by Crippen LogP contribution is 2.29. The Kier molecular flexibility index (Phi) is 6.31. The average molecular weight is 408 g/mol. The molecule has 3 rings (SSSR count). The predicted molar refractivity (Wildman–Crippen MR) is 114 cm³/mol. The Balaban J connectivity index is 1.80. The zero-order chi connectivity index (χ0) is 19.7. The van der Waals surface area contributed by atoms with E-state index in [1.54, 1.807) is 15.9 Å². The molecule has 0 spiro atoms. The molecule has 5 nitrogen and oxygen atoms in total. The molecular formula is C20H29N3O2S2. The number of carbonyl (C=O) groups excluding carboxylic acids is 1. The van der Waals surface area contributed by atoms with Gasteiger partial charge < -0.3 is 5.32 Å². The van der Waals surface area contributed by atoms with Crippen molar-refractivity contribution in [3.8, 4) is 0 Å². The molecule has 1 amide bonds. The number of aromatic nitrogens is 2. The van der Waals surface area contributed by atoms with E-state index < -0.39 is 0 Å². The van der Waals surface area contributed by atoms with Crippen LogP contribution in [0.25, 0.3) is 10.2 Å². The SMILES string of the molecule is Cc1sc2nc(SCC(=O)NC3CCCCC3C)n(C(C)C)c(=O)c2c1C. The Morgan fingerprint density at radius 2 is 2.04 bits per heavy atom. The van der Waals surface area contributed by atoms with Crippen LogP contribution in [0.15, 0.2) is 9.95 Å². The summed E-state index contributed by atoms with van der Waals surface area (Å²) in [7, 11) is 0. The van der Waals surface area contributed by atoms with Crippen molar-refractivity contribution < 1.29 is 4.79 Å². The Morgan fingerprint density at radius 1 is 1.33 bits per heavy atom. The van der Waals surface area contributed by atoms with Crippen molar-refractivity contribution >= 4 is 39.2 Å². The van der Waals surface area contributed by atoms with Crippen molar-refractivity contribution in [3.63, 3.8) is 0 Å². The molecule has 2 unspecified atom stereocenters. The fraction of sp³-hybridized carbons (Fsp3) is 0.650. The Labute approximate surface area is 169 Å². The van der Waals surface area contributed by atoms with Crippen molar-refractivity contribution in [1.82, 2.24) is 14.9 Å². The Hall–Kier alpha value is -1.34. The first-order valence-electron chi connectivity index (χ1n) is 9.74. The van der Waals surface area contributed by atoms with E-state index in [1.165, 1.54) is 31.0 Å². The second kappa shape index (κ2) is 8.35. The first kappa shape index (κ1) is 20.4. The van der Waals surface area contributed by atoms with Crippen molar-refractivity contribution in [2.75, 3.05) is 5.75 Å². The molecule has 1 N–H and O–H groups in total. The minimum absolute atomic E-state index is 0.000612. The van der Waals surface area contributed by atoms with Gasteiger partial charge in [0.05, 0.1) is 11.1 Å². The van der Waals surface area contributed by atoms with E-state index in [0.717, 1.165) is 27.1 Å². The van der Waals surface area contributed by atoms with E-state index in [0.29, 0.717) is 11.1 Å². The molecule has 2 aromatic rings. The first-order valence-corrected chi connectivity index (χ1v) is 11.5. The number of aryl methyl sites for hydroxylation is 2. The summed E-state index contributed by atoms with van der Waals surface area (Å²) in [5, 5.41) is 4.53. The quantitative estimate of drug-likeness (QED) is 0.588. The fourth-order valence-electron chi connectivity index (χ4n) is 3.75. The van der Waals surface area contributed by atoms with Crippen LogP contribution >= 0.6 is 23.1 Å². The number of rotatable bonds is 5. The molecule has 2 aromatic heterocycles. The fourth-order valence-corrected chi connectivity index (χ4v) is 5.76. The van der Waals surface area contributed by atoms with Crippen LogP contribution in [0.5, 0.6) is 0 Å². The van der Waals surface area contributed by atoms with E-state index in [4.69, 9.17) is 4.98 Å². The molecule has 1 fully saturated rings. The third kappa shape index (κ3) is 4.24. The summed E-state index contributed by atoms with van der Waals surface area (Å²) < 4.78 is 1.72.